The van der Waals surface area contributed by atoms with Gasteiger partial charge in [-0.3, -0.25) is 15.0 Å². The third kappa shape index (κ3) is 3.18. The van der Waals surface area contributed by atoms with Gasteiger partial charge in [-0.1, -0.05) is 41.9 Å². The molecule has 0 saturated heterocycles. The molecule has 4 rings (SSSR count). The van der Waals surface area contributed by atoms with Gasteiger partial charge in [-0.2, -0.15) is 0 Å². The topological polar surface area (TPSA) is 84.2 Å². The van der Waals surface area contributed by atoms with E-state index in [-0.39, 0.29) is 21.9 Å². The summed E-state index contributed by atoms with van der Waals surface area (Å²) in [7, 11) is 0. The third-order valence-electron chi connectivity index (χ3n) is 4.01. The summed E-state index contributed by atoms with van der Waals surface area (Å²) in [4.78, 5) is 30.2. The molecule has 0 fully saturated rings. The molecule has 0 atom stereocenters. The van der Waals surface area contributed by atoms with Gasteiger partial charge >= 0.3 is 0 Å². The minimum absolute atomic E-state index is 0.0489. The van der Waals surface area contributed by atoms with E-state index in [4.69, 9.17) is 11.6 Å². The highest BCUT2D eigenvalue weighted by Gasteiger charge is 2.15. The molecular formula is C19H12ClN3O3S. The Kier molecular flexibility index (Phi) is 4.39. The number of phenolic OH excluding ortho intramolecular Hbond substituents is 1. The second kappa shape index (κ2) is 6.86. The van der Waals surface area contributed by atoms with Crippen LogP contribution in [0, 0.1) is 0 Å². The van der Waals surface area contributed by atoms with Crippen LogP contribution in [0.4, 0.5) is 0 Å². The van der Waals surface area contributed by atoms with Crippen LogP contribution in [-0.4, -0.2) is 20.7 Å². The molecule has 134 valence electrons. The molecule has 0 bridgehead atoms. The van der Waals surface area contributed by atoms with Gasteiger partial charge in [0, 0.05) is 16.5 Å². The number of hydrogen-bond donors (Lipinski definition) is 2. The van der Waals surface area contributed by atoms with E-state index in [9.17, 15) is 14.7 Å². The number of nitrogens with one attached hydrogen (secondary N) is 1. The average molecular weight is 398 g/mol. The van der Waals surface area contributed by atoms with E-state index in [1.165, 1.54) is 35.9 Å². The van der Waals surface area contributed by atoms with E-state index < -0.39 is 5.91 Å². The summed E-state index contributed by atoms with van der Waals surface area (Å²) in [5.41, 5.74) is 4.00. The lowest BCUT2D eigenvalue weighted by Crippen LogP contribution is -2.33. The van der Waals surface area contributed by atoms with Crippen LogP contribution in [0.5, 0.6) is 5.75 Å². The maximum absolute atomic E-state index is 12.9. The van der Waals surface area contributed by atoms with Crippen LogP contribution in [0.2, 0.25) is 5.02 Å². The van der Waals surface area contributed by atoms with Gasteiger partial charge < -0.3 is 5.11 Å². The van der Waals surface area contributed by atoms with Crippen molar-refractivity contribution in [3.8, 4) is 16.9 Å². The number of nitrogens with zero attached hydrogens (tertiary/aromatic N) is 2. The smallest absolute Gasteiger partial charge is 0.281 e. The highest BCUT2D eigenvalue weighted by atomic mass is 35.5. The molecule has 0 aliphatic heterocycles. The minimum Gasteiger partial charge on any atom is -0.506 e. The SMILES string of the molecule is O=C(Nn1cnc2scc(-c3ccccc3)c2c1=O)c1ccc(O)c(Cl)c1. The quantitative estimate of drug-likeness (QED) is 0.549. The number of benzene rings is 2. The van der Waals surface area contributed by atoms with Crippen LogP contribution in [0.1, 0.15) is 10.4 Å². The molecule has 0 spiro atoms. The molecule has 6 nitrogen and oxygen atoms in total. The Bertz CT molecular complexity index is 1220. The van der Waals surface area contributed by atoms with Crippen LogP contribution >= 0.6 is 22.9 Å². The number of phenols is 1. The van der Waals surface area contributed by atoms with Crippen LogP contribution in [0.15, 0.2) is 65.0 Å². The van der Waals surface area contributed by atoms with Crippen molar-refractivity contribution in [2.45, 2.75) is 0 Å². The minimum atomic E-state index is -0.545. The Morgan fingerprint density at radius 3 is 2.70 bits per heavy atom. The molecule has 0 radical (unpaired) electrons. The van der Waals surface area contributed by atoms with Crippen molar-refractivity contribution >= 4 is 39.1 Å². The molecule has 0 saturated carbocycles. The van der Waals surface area contributed by atoms with Crippen molar-refractivity contribution in [3.63, 3.8) is 0 Å². The van der Waals surface area contributed by atoms with Gasteiger partial charge in [0.05, 0.1) is 10.4 Å². The zero-order valence-corrected chi connectivity index (χ0v) is 15.3. The lowest BCUT2D eigenvalue weighted by Gasteiger charge is -2.09. The van der Waals surface area contributed by atoms with E-state index in [2.05, 4.69) is 10.4 Å². The fraction of sp³-hybridized carbons (Fsp3) is 0. The first-order valence-corrected chi connectivity index (χ1v) is 9.14. The first kappa shape index (κ1) is 17.3. The van der Waals surface area contributed by atoms with Crippen molar-refractivity contribution < 1.29 is 9.90 Å². The predicted octanol–water partition coefficient (Wildman–Crippen LogP) is 3.87. The Morgan fingerprint density at radius 1 is 1.19 bits per heavy atom. The summed E-state index contributed by atoms with van der Waals surface area (Å²) in [6, 6.07) is 13.6. The summed E-state index contributed by atoms with van der Waals surface area (Å²) in [5.74, 6) is -0.670. The summed E-state index contributed by atoms with van der Waals surface area (Å²) >= 11 is 7.20. The monoisotopic (exact) mass is 397 g/mol. The second-order valence-electron chi connectivity index (χ2n) is 5.72. The summed E-state index contributed by atoms with van der Waals surface area (Å²) < 4.78 is 1.05. The second-order valence-corrected chi connectivity index (χ2v) is 6.99. The first-order chi connectivity index (χ1) is 13.0. The van der Waals surface area contributed by atoms with Crippen molar-refractivity contribution in [2.75, 3.05) is 5.43 Å². The van der Waals surface area contributed by atoms with E-state index in [1.54, 1.807) is 0 Å². The Labute approximate surface area is 162 Å². The van der Waals surface area contributed by atoms with Crippen molar-refractivity contribution in [1.82, 2.24) is 9.66 Å². The van der Waals surface area contributed by atoms with Gasteiger partial charge in [0.25, 0.3) is 11.5 Å². The van der Waals surface area contributed by atoms with Crippen LogP contribution in [0.25, 0.3) is 21.3 Å². The van der Waals surface area contributed by atoms with Crippen LogP contribution < -0.4 is 11.0 Å². The van der Waals surface area contributed by atoms with Gasteiger partial charge in [0.15, 0.2) is 0 Å². The number of fused-ring (bicyclic) bond motifs is 1. The molecule has 1 amide bonds. The maximum atomic E-state index is 12.9. The number of rotatable bonds is 3. The molecule has 8 heteroatoms. The summed E-state index contributed by atoms with van der Waals surface area (Å²) in [6.45, 7) is 0. The lowest BCUT2D eigenvalue weighted by atomic mass is 10.1. The van der Waals surface area contributed by atoms with Gasteiger partial charge in [-0.05, 0) is 23.8 Å². The van der Waals surface area contributed by atoms with E-state index >= 15 is 0 Å². The molecule has 2 N–H and O–H groups in total. The molecule has 2 aromatic heterocycles. The largest absolute Gasteiger partial charge is 0.506 e. The number of amides is 1. The Hall–Kier alpha value is -3.16. The number of carbonyl (C=O) groups excluding carboxylic acids is 1. The van der Waals surface area contributed by atoms with Crippen molar-refractivity contribution in [1.29, 1.82) is 0 Å². The van der Waals surface area contributed by atoms with Gasteiger partial charge in [-0.15, -0.1) is 11.3 Å². The fourth-order valence-corrected chi connectivity index (χ4v) is 3.75. The predicted molar refractivity (Wildman–Crippen MR) is 106 cm³/mol. The lowest BCUT2D eigenvalue weighted by molar-refractivity contribution is 0.101. The summed E-state index contributed by atoms with van der Waals surface area (Å²) in [6.07, 6.45) is 1.27. The molecule has 27 heavy (non-hydrogen) atoms. The number of aromatic nitrogens is 2. The van der Waals surface area contributed by atoms with E-state index in [0.717, 1.165) is 15.8 Å². The van der Waals surface area contributed by atoms with Crippen LogP contribution in [-0.2, 0) is 0 Å². The zero-order valence-electron chi connectivity index (χ0n) is 13.7. The number of hydrogen-bond acceptors (Lipinski definition) is 5. The molecular weight excluding hydrogens is 386 g/mol. The third-order valence-corrected chi connectivity index (χ3v) is 5.20. The van der Waals surface area contributed by atoms with Gasteiger partial charge in [0.1, 0.15) is 16.9 Å². The highest BCUT2D eigenvalue weighted by molar-refractivity contribution is 7.17. The van der Waals surface area contributed by atoms with Crippen LogP contribution in [0.3, 0.4) is 0 Å². The average Bonchev–Trinajstić information content (AvgIpc) is 3.12. The molecule has 2 heterocycles. The highest BCUT2D eigenvalue weighted by Crippen LogP contribution is 2.30. The van der Waals surface area contributed by atoms with Gasteiger partial charge in [-0.25, -0.2) is 9.66 Å². The molecule has 2 aromatic carbocycles. The number of halogens is 1. The molecule has 0 unspecified atom stereocenters. The van der Waals surface area contributed by atoms with Crippen molar-refractivity contribution in [2.24, 2.45) is 0 Å². The Morgan fingerprint density at radius 2 is 1.96 bits per heavy atom. The zero-order chi connectivity index (χ0) is 19.0. The maximum Gasteiger partial charge on any atom is 0.281 e. The van der Waals surface area contributed by atoms with E-state index in [0.29, 0.717) is 10.2 Å². The van der Waals surface area contributed by atoms with Crippen molar-refractivity contribution in [3.05, 3.63) is 81.2 Å². The van der Waals surface area contributed by atoms with E-state index in [1.807, 2.05) is 35.7 Å². The molecule has 0 aliphatic carbocycles. The molecule has 4 aromatic rings. The van der Waals surface area contributed by atoms with Gasteiger partial charge in [0.2, 0.25) is 0 Å². The normalized spacial score (nSPS) is 10.9. The standard InChI is InChI=1S/C19H12ClN3O3S/c20-14-8-12(6-7-15(14)24)17(25)22-23-10-21-18-16(19(23)26)13(9-27-18)11-4-2-1-3-5-11/h1-10,24H,(H,22,25). The number of aromatic hydroxyl groups is 1. The summed E-state index contributed by atoms with van der Waals surface area (Å²) in [5, 5.41) is 11.8. The number of carbonyl (C=O) groups is 1. The number of thiophene rings is 1. The fourth-order valence-electron chi connectivity index (χ4n) is 2.66. The first-order valence-electron chi connectivity index (χ1n) is 7.89. The Balaban J connectivity index is 1.74. The molecule has 0 aliphatic rings.